The zero-order valence-corrected chi connectivity index (χ0v) is 23.7. The molecule has 2 heterocycles. The topological polar surface area (TPSA) is 63.6 Å². The second-order valence-corrected chi connectivity index (χ2v) is 10.7. The molecule has 1 aromatic carbocycles. The number of aromatic nitrogens is 3. The van der Waals surface area contributed by atoms with E-state index in [0.717, 1.165) is 36.3 Å². The van der Waals surface area contributed by atoms with Crippen molar-refractivity contribution < 1.29 is 18.3 Å². The number of nitrogens with zero attached hydrogens (tertiary/aromatic N) is 5. The van der Waals surface area contributed by atoms with E-state index in [2.05, 4.69) is 27.9 Å². The van der Waals surface area contributed by atoms with Crippen molar-refractivity contribution in [1.82, 2.24) is 15.0 Å². The van der Waals surface area contributed by atoms with E-state index in [9.17, 15) is 8.78 Å². The van der Waals surface area contributed by atoms with E-state index in [1.54, 1.807) is 37.3 Å². The first-order valence-electron chi connectivity index (χ1n) is 13.4. The fourth-order valence-electron chi connectivity index (χ4n) is 4.92. The van der Waals surface area contributed by atoms with Crippen molar-refractivity contribution in [3.63, 3.8) is 0 Å². The van der Waals surface area contributed by atoms with Crippen molar-refractivity contribution in [1.29, 1.82) is 0 Å². The molecule has 1 fully saturated rings. The Balaban J connectivity index is 1.65. The summed E-state index contributed by atoms with van der Waals surface area (Å²) < 4.78 is 38.9. The lowest BCUT2D eigenvalue weighted by molar-refractivity contribution is 0.341. The van der Waals surface area contributed by atoms with Gasteiger partial charge in [-0.3, -0.25) is 0 Å². The van der Waals surface area contributed by atoms with Crippen molar-refractivity contribution >= 4 is 23.4 Å². The Labute approximate surface area is 234 Å². The molecule has 0 unspecified atom stereocenters. The molecule has 2 aromatic heterocycles. The summed E-state index contributed by atoms with van der Waals surface area (Å²) in [6.07, 6.45) is 10.4. The molecule has 0 bridgehead atoms. The van der Waals surface area contributed by atoms with Gasteiger partial charge in [0.05, 0.1) is 44.0 Å². The predicted molar refractivity (Wildman–Crippen MR) is 153 cm³/mol. The highest BCUT2D eigenvalue weighted by Gasteiger charge is 2.23. The number of pyridine rings is 1. The summed E-state index contributed by atoms with van der Waals surface area (Å²) in [4.78, 5) is 18.2. The van der Waals surface area contributed by atoms with Gasteiger partial charge in [0.15, 0.2) is 17.4 Å². The molecule has 1 aliphatic rings. The smallest absolute Gasteiger partial charge is 0.226 e. The van der Waals surface area contributed by atoms with Gasteiger partial charge in [0.2, 0.25) is 11.8 Å². The van der Waals surface area contributed by atoms with E-state index < -0.39 is 11.6 Å². The highest BCUT2D eigenvalue weighted by atomic mass is 32.2. The molecule has 10 heteroatoms. The molecule has 0 spiro atoms. The van der Waals surface area contributed by atoms with E-state index in [4.69, 9.17) is 14.5 Å². The van der Waals surface area contributed by atoms with Crippen LogP contribution in [0.25, 0.3) is 0 Å². The number of hydrogen-bond donors (Lipinski definition) is 0. The number of methoxy groups -OCH3 is 1. The van der Waals surface area contributed by atoms with Crippen LogP contribution in [0.5, 0.6) is 11.6 Å². The molecule has 7 nitrogen and oxygen atoms in total. The van der Waals surface area contributed by atoms with Crippen LogP contribution in [-0.4, -0.2) is 53.8 Å². The van der Waals surface area contributed by atoms with E-state index in [-0.39, 0.29) is 6.54 Å². The minimum atomic E-state index is -0.889. The minimum Gasteiger partial charge on any atom is -0.489 e. The summed E-state index contributed by atoms with van der Waals surface area (Å²) in [5.74, 6) is 1.29. The van der Waals surface area contributed by atoms with Crippen LogP contribution in [0.3, 0.4) is 0 Å². The zero-order valence-electron chi connectivity index (χ0n) is 22.9. The standard InChI is InChI=1S/C29H37F2N5O2S/c1-4-35(18-21-7-5-6-8-21)27-11-12-28(37-2)34-26(27)20-36(19-22-9-10-24(30)25(31)15-22)29-32-16-23(17-33-29)38-13-14-39-3/h9-12,15-17,21H,4-8,13-14,18-20H2,1-3H3. The maximum atomic E-state index is 14.1. The zero-order chi connectivity index (χ0) is 27.6. The summed E-state index contributed by atoms with van der Waals surface area (Å²) in [6, 6.07) is 7.86. The first kappa shape index (κ1) is 28.9. The van der Waals surface area contributed by atoms with Gasteiger partial charge in [-0.25, -0.2) is 23.7 Å². The molecule has 3 aromatic rings. The average Bonchev–Trinajstić information content (AvgIpc) is 3.47. The third-order valence-corrected chi connectivity index (χ3v) is 7.54. The summed E-state index contributed by atoms with van der Waals surface area (Å²) in [7, 11) is 1.60. The van der Waals surface area contributed by atoms with Crippen molar-refractivity contribution in [3.8, 4) is 11.6 Å². The normalized spacial score (nSPS) is 13.5. The highest BCUT2D eigenvalue weighted by molar-refractivity contribution is 7.98. The lowest BCUT2D eigenvalue weighted by Gasteiger charge is -2.30. The Bertz CT molecular complexity index is 1190. The van der Waals surface area contributed by atoms with E-state index in [0.29, 0.717) is 42.2 Å². The first-order valence-corrected chi connectivity index (χ1v) is 14.8. The summed E-state index contributed by atoms with van der Waals surface area (Å²) in [6.45, 7) is 5.14. The number of hydrogen-bond acceptors (Lipinski definition) is 8. The first-order chi connectivity index (χ1) is 19.0. The van der Waals surface area contributed by atoms with Crippen LogP contribution in [0, 0.1) is 17.6 Å². The molecule has 210 valence electrons. The van der Waals surface area contributed by atoms with E-state index >= 15 is 0 Å². The molecule has 1 aliphatic carbocycles. The van der Waals surface area contributed by atoms with Crippen LogP contribution in [-0.2, 0) is 13.1 Å². The van der Waals surface area contributed by atoms with Crippen LogP contribution in [0.15, 0.2) is 42.7 Å². The van der Waals surface area contributed by atoms with Gasteiger partial charge in [-0.05, 0) is 55.7 Å². The van der Waals surface area contributed by atoms with E-state index in [1.165, 1.54) is 31.7 Å². The molecule has 0 saturated heterocycles. The monoisotopic (exact) mass is 557 g/mol. The highest BCUT2D eigenvalue weighted by Crippen LogP contribution is 2.31. The van der Waals surface area contributed by atoms with Gasteiger partial charge in [0.25, 0.3) is 0 Å². The third kappa shape index (κ3) is 7.94. The van der Waals surface area contributed by atoms with Crippen LogP contribution >= 0.6 is 11.8 Å². The summed E-state index contributed by atoms with van der Waals surface area (Å²) in [5, 5.41) is 0. The van der Waals surface area contributed by atoms with Crippen LogP contribution < -0.4 is 19.3 Å². The van der Waals surface area contributed by atoms with Crippen molar-refractivity contribution in [2.45, 2.75) is 45.7 Å². The Kier molecular flexibility index (Phi) is 10.6. The van der Waals surface area contributed by atoms with Crippen molar-refractivity contribution in [3.05, 3.63) is 65.6 Å². The Morgan fingerprint density at radius 3 is 2.44 bits per heavy atom. The number of anilines is 2. The number of benzene rings is 1. The van der Waals surface area contributed by atoms with Gasteiger partial charge < -0.3 is 19.3 Å². The summed E-state index contributed by atoms with van der Waals surface area (Å²) in [5.41, 5.74) is 2.43. The molecule has 0 radical (unpaired) electrons. The Hall–Kier alpha value is -3.14. The van der Waals surface area contributed by atoms with Crippen LogP contribution in [0.1, 0.15) is 43.9 Å². The molecule has 0 N–H and O–H groups in total. The van der Waals surface area contributed by atoms with Gasteiger partial charge in [0, 0.05) is 31.5 Å². The molecular weight excluding hydrogens is 520 g/mol. The van der Waals surface area contributed by atoms with Crippen molar-refractivity contribution in [2.75, 3.05) is 48.6 Å². The molecule has 0 aliphatic heterocycles. The largest absolute Gasteiger partial charge is 0.489 e. The van der Waals surface area contributed by atoms with Gasteiger partial charge in [-0.1, -0.05) is 18.9 Å². The Morgan fingerprint density at radius 2 is 1.77 bits per heavy atom. The number of thioether (sulfide) groups is 1. The molecular formula is C29H37F2N5O2S. The molecule has 39 heavy (non-hydrogen) atoms. The number of rotatable bonds is 14. The van der Waals surface area contributed by atoms with Gasteiger partial charge >= 0.3 is 0 Å². The quantitative estimate of drug-likeness (QED) is 0.220. The molecule has 0 amide bonds. The molecule has 4 rings (SSSR count). The molecule has 0 atom stereocenters. The summed E-state index contributed by atoms with van der Waals surface area (Å²) >= 11 is 1.70. The number of ether oxygens (including phenoxy) is 2. The van der Waals surface area contributed by atoms with E-state index in [1.807, 2.05) is 17.2 Å². The average molecular weight is 558 g/mol. The minimum absolute atomic E-state index is 0.261. The van der Waals surface area contributed by atoms with Crippen LogP contribution in [0.4, 0.5) is 20.4 Å². The van der Waals surface area contributed by atoms with Gasteiger partial charge in [-0.2, -0.15) is 11.8 Å². The maximum absolute atomic E-state index is 14.1. The molecule has 1 saturated carbocycles. The SMILES string of the molecule is CCN(CC1CCCC1)c1ccc(OC)nc1CN(Cc1ccc(F)c(F)c1)c1ncc(OCCSC)cn1. The second-order valence-electron chi connectivity index (χ2n) is 9.67. The Morgan fingerprint density at radius 1 is 1.00 bits per heavy atom. The van der Waals surface area contributed by atoms with Crippen molar-refractivity contribution in [2.24, 2.45) is 5.92 Å². The van der Waals surface area contributed by atoms with Gasteiger partial charge in [-0.15, -0.1) is 0 Å². The van der Waals surface area contributed by atoms with Gasteiger partial charge in [0.1, 0.15) is 0 Å². The second kappa shape index (κ2) is 14.3. The maximum Gasteiger partial charge on any atom is 0.226 e. The fraction of sp³-hybridized carbons (Fsp3) is 0.483. The predicted octanol–water partition coefficient (Wildman–Crippen LogP) is 6.12. The lowest BCUT2D eigenvalue weighted by Crippen LogP contribution is -2.31. The lowest BCUT2D eigenvalue weighted by atomic mass is 10.1. The fourth-order valence-corrected chi connectivity index (χ4v) is 5.17. The third-order valence-electron chi connectivity index (χ3n) is 6.96. The van der Waals surface area contributed by atoms with Crippen LogP contribution in [0.2, 0.25) is 0 Å². The number of halogens is 2.